The molecule has 7 nitrogen and oxygen atoms in total. The Morgan fingerprint density at radius 3 is 2.69 bits per heavy atom. The number of carbonyl (C=O) groups is 1. The van der Waals surface area contributed by atoms with E-state index in [9.17, 15) is 18.0 Å². The number of aromatic nitrogens is 3. The van der Waals surface area contributed by atoms with E-state index in [-0.39, 0.29) is 29.8 Å². The molecule has 26 heavy (non-hydrogen) atoms. The number of nitriles is 1. The summed E-state index contributed by atoms with van der Waals surface area (Å²) in [6.45, 7) is 0.591. The van der Waals surface area contributed by atoms with Crippen LogP contribution in [0, 0.1) is 11.3 Å². The number of pyridine rings is 1. The van der Waals surface area contributed by atoms with Crippen molar-refractivity contribution in [1.82, 2.24) is 19.9 Å². The summed E-state index contributed by atoms with van der Waals surface area (Å²) in [5, 5.41) is 8.98. The van der Waals surface area contributed by atoms with Crippen LogP contribution in [0.5, 0.6) is 5.88 Å². The zero-order chi connectivity index (χ0) is 18.7. The molecule has 10 heteroatoms. The first-order valence-corrected chi connectivity index (χ1v) is 7.59. The summed E-state index contributed by atoms with van der Waals surface area (Å²) in [7, 11) is 0. The van der Waals surface area contributed by atoms with Crippen LogP contribution in [0.15, 0.2) is 30.7 Å². The van der Waals surface area contributed by atoms with Crippen molar-refractivity contribution in [3.63, 3.8) is 0 Å². The molecule has 0 aromatic carbocycles. The normalized spacial score (nSPS) is 17.0. The lowest BCUT2D eigenvalue weighted by Crippen LogP contribution is -2.31. The zero-order valence-electron chi connectivity index (χ0n) is 13.3. The average molecular weight is 363 g/mol. The molecule has 0 N–H and O–H groups in total. The molecule has 3 heterocycles. The molecule has 0 spiro atoms. The predicted molar refractivity (Wildman–Crippen MR) is 80.9 cm³/mol. The van der Waals surface area contributed by atoms with Gasteiger partial charge in [0.15, 0.2) is 0 Å². The minimum absolute atomic E-state index is 0.0456. The Morgan fingerprint density at radius 1 is 1.27 bits per heavy atom. The molecule has 3 rings (SSSR count). The molecular weight excluding hydrogens is 351 g/mol. The van der Waals surface area contributed by atoms with E-state index in [2.05, 4.69) is 15.0 Å². The summed E-state index contributed by atoms with van der Waals surface area (Å²) in [4.78, 5) is 24.9. The lowest BCUT2D eigenvalue weighted by molar-refractivity contribution is -0.141. The number of alkyl halides is 3. The number of amides is 1. The van der Waals surface area contributed by atoms with Crippen LogP contribution in [-0.2, 0) is 6.18 Å². The van der Waals surface area contributed by atoms with Gasteiger partial charge in [0.05, 0.1) is 12.1 Å². The van der Waals surface area contributed by atoms with Gasteiger partial charge in [-0.1, -0.05) is 0 Å². The maximum atomic E-state index is 12.5. The second-order valence-corrected chi connectivity index (χ2v) is 5.53. The number of nitrogens with zero attached hydrogens (tertiary/aromatic N) is 5. The smallest absolute Gasteiger partial charge is 0.433 e. The number of hydrogen-bond acceptors (Lipinski definition) is 6. The fourth-order valence-electron chi connectivity index (χ4n) is 2.53. The highest BCUT2D eigenvalue weighted by molar-refractivity contribution is 5.94. The SMILES string of the molecule is N#Cc1nccnc1OC1CCN(C(=O)c2ccc(C(F)(F)F)nc2)C1. The van der Waals surface area contributed by atoms with Gasteiger partial charge in [-0.2, -0.15) is 18.4 Å². The lowest BCUT2D eigenvalue weighted by atomic mass is 10.2. The number of hydrogen-bond donors (Lipinski definition) is 0. The molecule has 0 aliphatic carbocycles. The summed E-state index contributed by atoms with van der Waals surface area (Å²) in [5.74, 6) is -0.345. The fourth-order valence-corrected chi connectivity index (χ4v) is 2.53. The van der Waals surface area contributed by atoms with Crippen LogP contribution in [0.2, 0.25) is 0 Å². The predicted octanol–water partition coefficient (Wildman–Crippen LogP) is 2.06. The third kappa shape index (κ3) is 3.72. The van der Waals surface area contributed by atoms with Crippen molar-refractivity contribution in [3.8, 4) is 11.9 Å². The number of halogens is 3. The summed E-state index contributed by atoms with van der Waals surface area (Å²) in [5.41, 5.74) is -0.941. The van der Waals surface area contributed by atoms with E-state index < -0.39 is 17.8 Å². The van der Waals surface area contributed by atoms with E-state index in [1.165, 1.54) is 17.3 Å². The van der Waals surface area contributed by atoms with Crippen molar-refractivity contribution < 1.29 is 22.7 Å². The molecule has 0 radical (unpaired) electrons. The molecule has 0 bridgehead atoms. The highest BCUT2D eigenvalue weighted by Gasteiger charge is 2.33. The summed E-state index contributed by atoms with van der Waals surface area (Å²) < 4.78 is 43.2. The van der Waals surface area contributed by atoms with Crippen molar-refractivity contribution in [3.05, 3.63) is 47.7 Å². The van der Waals surface area contributed by atoms with Gasteiger partial charge in [0.2, 0.25) is 5.69 Å². The summed E-state index contributed by atoms with van der Waals surface area (Å²) in [6.07, 6.45) is -0.763. The topological polar surface area (TPSA) is 92.0 Å². The molecule has 1 aliphatic heterocycles. The molecule has 134 valence electrons. The Bertz CT molecular complexity index is 848. The minimum atomic E-state index is -4.55. The van der Waals surface area contributed by atoms with Crippen LogP contribution in [0.3, 0.4) is 0 Å². The van der Waals surface area contributed by atoms with Crippen LogP contribution in [0.25, 0.3) is 0 Å². The Kier molecular flexibility index (Phi) is 4.71. The number of ether oxygens (including phenoxy) is 1. The van der Waals surface area contributed by atoms with Crippen molar-refractivity contribution in [2.75, 3.05) is 13.1 Å². The molecule has 2 aromatic heterocycles. The van der Waals surface area contributed by atoms with E-state index in [4.69, 9.17) is 10.00 Å². The average Bonchev–Trinajstić information content (AvgIpc) is 3.09. The first-order valence-electron chi connectivity index (χ1n) is 7.59. The van der Waals surface area contributed by atoms with Crippen molar-refractivity contribution in [1.29, 1.82) is 5.26 Å². The number of carbonyl (C=O) groups excluding carboxylic acids is 1. The standard InChI is InChI=1S/C16H12F3N5O2/c17-16(18,19)13-2-1-10(8-23-13)15(25)24-6-3-11(9-24)26-14-12(7-20)21-4-5-22-14/h1-2,4-5,8,11H,3,6,9H2. The van der Waals surface area contributed by atoms with Gasteiger partial charge < -0.3 is 9.64 Å². The van der Waals surface area contributed by atoms with Crippen molar-refractivity contribution >= 4 is 5.91 Å². The van der Waals surface area contributed by atoms with E-state index in [1.54, 1.807) is 0 Å². The van der Waals surface area contributed by atoms with E-state index in [0.29, 0.717) is 13.0 Å². The maximum absolute atomic E-state index is 12.5. The molecule has 0 saturated carbocycles. The van der Waals surface area contributed by atoms with Gasteiger partial charge in [-0.3, -0.25) is 9.78 Å². The summed E-state index contributed by atoms with van der Waals surface area (Å²) >= 11 is 0. The minimum Gasteiger partial charge on any atom is -0.470 e. The van der Waals surface area contributed by atoms with Gasteiger partial charge in [0.1, 0.15) is 17.9 Å². The molecular formula is C16H12F3N5O2. The van der Waals surface area contributed by atoms with Gasteiger partial charge in [-0.25, -0.2) is 9.97 Å². The molecule has 1 saturated heterocycles. The number of rotatable bonds is 3. The first-order chi connectivity index (χ1) is 12.4. The summed E-state index contributed by atoms with van der Waals surface area (Å²) in [6, 6.07) is 3.74. The molecule has 1 atom stereocenters. The van der Waals surface area contributed by atoms with Crippen LogP contribution in [-0.4, -0.2) is 45.0 Å². The molecule has 1 aliphatic rings. The third-order valence-electron chi connectivity index (χ3n) is 3.78. The van der Waals surface area contributed by atoms with Crippen molar-refractivity contribution in [2.45, 2.75) is 18.7 Å². The van der Waals surface area contributed by atoms with Gasteiger partial charge in [-0.05, 0) is 12.1 Å². The molecule has 1 unspecified atom stereocenters. The fraction of sp³-hybridized carbons (Fsp3) is 0.312. The van der Waals surface area contributed by atoms with Crippen LogP contribution in [0.4, 0.5) is 13.2 Å². The van der Waals surface area contributed by atoms with E-state index in [1.807, 2.05) is 6.07 Å². The quantitative estimate of drug-likeness (QED) is 0.829. The van der Waals surface area contributed by atoms with E-state index in [0.717, 1.165) is 18.3 Å². The van der Waals surface area contributed by atoms with E-state index >= 15 is 0 Å². The van der Waals surface area contributed by atoms with Crippen LogP contribution < -0.4 is 4.74 Å². The molecule has 1 amide bonds. The van der Waals surface area contributed by atoms with Crippen molar-refractivity contribution in [2.24, 2.45) is 0 Å². The second-order valence-electron chi connectivity index (χ2n) is 5.53. The first kappa shape index (κ1) is 17.6. The largest absolute Gasteiger partial charge is 0.470 e. The highest BCUT2D eigenvalue weighted by atomic mass is 19.4. The van der Waals surface area contributed by atoms with Gasteiger partial charge in [0.25, 0.3) is 11.8 Å². The number of likely N-dealkylation sites (tertiary alicyclic amines) is 1. The zero-order valence-corrected chi connectivity index (χ0v) is 13.3. The van der Waals surface area contributed by atoms with Crippen LogP contribution >= 0.6 is 0 Å². The van der Waals surface area contributed by atoms with Gasteiger partial charge in [-0.15, -0.1) is 0 Å². The van der Waals surface area contributed by atoms with Gasteiger partial charge in [0, 0.05) is 31.6 Å². The monoisotopic (exact) mass is 363 g/mol. The van der Waals surface area contributed by atoms with Crippen LogP contribution in [0.1, 0.15) is 28.2 Å². The Hall–Kier alpha value is -3.22. The Morgan fingerprint density at radius 2 is 2.04 bits per heavy atom. The Balaban J connectivity index is 1.65. The van der Waals surface area contributed by atoms with Gasteiger partial charge >= 0.3 is 6.18 Å². The molecule has 2 aromatic rings. The lowest BCUT2D eigenvalue weighted by Gasteiger charge is -2.17. The Labute approximate surface area is 146 Å². The second kappa shape index (κ2) is 6.95. The maximum Gasteiger partial charge on any atom is 0.433 e. The third-order valence-corrected chi connectivity index (χ3v) is 3.78. The highest BCUT2D eigenvalue weighted by Crippen LogP contribution is 2.27. The molecule has 1 fully saturated rings.